The molecule has 1 saturated heterocycles. The summed E-state index contributed by atoms with van der Waals surface area (Å²) >= 11 is 0. The third-order valence-corrected chi connectivity index (χ3v) is 7.34. The second kappa shape index (κ2) is 8.22. The number of rotatable bonds is 5. The maximum Gasteiger partial charge on any atom is 0.407 e. The molecule has 0 spiro atoms. The van der Waals surface area contributed by atoms with Crippen LogP contribution in [0.2, 0.25) is 0 Å². The van der Waals surface area contributed by atoms with Crippen LogP contribution in [-0.2, 0) is 13.0 Å². The van der Waals surface area contributed by atoms with Gasteiger partial charge in [0, 0.05) is 25.6 Å². The highest BCUT2D eigenvalue weighted by atomic mass is 16.4. The van der Waals surface area contributed by atoms with Gasteiger partial charge in [-0.05, 0) is 61.4 Å². The standard InChI is InChI=1S/C23H34N2O2/c1-24(23(26)27)16-18-8-5-9-20-19(18)10-11-22-21(20)13-15-25(22)14-12-17-6-3-2-4-7-17/h5,8-9,17,21-22H,2-4,6-7,10-16H2,1H3,(H,26,27)/t21-,22-/m1/s1. The van der Waals surface area contributed by atoms with Gasteiger partial charge in [-0.15, -0.1) is 0 Å². The Balaban J connectivity index is 1.43. The highest BCUT2D eigenvalue weighted by Crippen LogP contribution is 2.43. The van der Waals surface area contributed by atoms with Crippen molar-refractivity contribution < 1.29 is 9.90 Å². The molecule has 1 aliphatic heterocycles. The first kappa shape index (κ1) is 18.8. The van der Waals surface area contributed by atoms with Crippen molar-refractivity contribution in [3.63, 3.8) is 0 Å². The largest absolute Gasteiger partial charge is 0.465 e. The predicted molar refractivity (Wildman–Crippen MR) is 108 cm³/mol. The third kappa shape index (κ3) is 4.01. The van der Waals surface area contributed by atoms with E-state index in [1.54, 1.807) is 7.05 Å². The van der Waals surface area contributed by atoms with E-state index in [-0.39, 0.29) is 0 Å². The lowest BCUT2D eigenvalue weighted by Crippen LogP contribution is -2.37. The molecule has 1 aromatic carbocycles. The maximum absolute atomic E-state index is 11.2. The van der Waals surface area contributed by atoms with Crippen LogP contribution in [0.15, 0.2) is 18.2 Å². The Bertz CT molecular complexity index is 668. The zero-order valence-corrected chi connectivity index (χ0v) is 16.7. The minimum Gasteiger partial charge on any atom is -0.465 e. The highest BCUT2D eigenvalue weighted by Gasteiger charge is 2.39. The van der Waals surface area contributed by atoms with Crippen LogP contribution in [-0.4, -0.2) is 47.2 Å². The lowest BCUT2D eigenvalue weighted by Gasteiger charge is -2.35. The summed E-state index contributed by atoms with van der Waals surface area (Å²) in [7, 11) is 1.66. The molecular weight excluding hydrogens is 336 g/mol. The van der Waals surface area contributed by atoms with Crippen LogP contribution >= 0.6 is 0 Å². The first-order chi connectivity index (χ1) is 13.1. The summed E-state index contributed by atoms with van der Waals surface area (Å²) in [5.74, 6) is 1.61. The molecule has 4 nitrogen and oxygen atoms in total. The van der Waals surface area contributed by atoms with Gasteiger partial charge in [-0.25, -0.2) is 4.79 Å². The van der Waals surface area contributed by atoms with E-state index in [4.69, 9.17) is 0 Å². The number of fused-ring (bicyclic) bond motifs is 3. The molecule has 0 unspecified atom stereocenters. The topological polar surface area (TPSA) is 43.8 Å². The molecule has 2 aliphatic carbocycles. The number of carboxylic acid groups (broad SMARTS) is 1. The van der Waals surface area contributed by atoms with Crippen LogP contribution in [0, 0.1) is 5.92 Å². The van der Waals surface area contributed by atoms with Gasteiger partial charge in [0.2, 0.25) is 0 Å². The van der Waals surface area contributed by atoms with Gasteiger partial charge in [0.25, 0.3) is 0 Å². The van der Waals surface area contributed by atoms with Crippen molar-refractivity contribution in [3.05, 3.63) is 34.9 Å². The molecule has 0 bridgehead atoms. The lowest BCUT2D eigenvalue weighted by molar-refractivity contribution is 0.153. The van der Waals surface area contributed by atoms with E-state index in [1.165, 1.54) is 86.0 Å². The Kier molecular flexibility index (Phi) is 5.72. The van der Waals surface area contributed by atoms with E-state index in [9.17, 15) is 9.90 Å². The molecule has 1 saturated carbocycles. The van der Waals surface area contributed by atoms with E-state index in [2.05, 4.69) is 23.1 Å². The molecular formula is C23H34N2O2. The van der Waals surface area contributed by atoms with Crippen LogP contribution in [0.4, 0.5) is 4.79 Å². The molecule has 1 N–H and O–H groups in total. The zero-order chi connectivity index (χ0) is 18.8. The molecule has 0 aromatic heterocycles. The number of hydrogen-bond donors (Lipinski definition) is 1. The van der Waals surface area contributed by atoms with Crippen molar-refractivity contribution in [3.8, 4) is 0 Å². The number of likely N-dealkylation sites (tertiary alicyclic amines) is 1. The summed E-state index contributed by atoms with van der Waals surface area (Å²) in [6.07, 6.45) is 11.4. The van der Waals surface area contributed by atoms with Gasteiger partial charge in [0.05, 0.1) is 0 Å². The van der Waals surface area contributed by atoms with E-state index < -0.39 is 6.09 Å². The van der Waals surface area contributed by atoms with Gasteiger partial charge < -0.3 is 10.0 Å². The fraction of sp³-hybridized carbons (Fsp3) is 0.696. The van der Waals surface area contributed by atoms with Crippen molar-refractivity contribution in [2.24, 2.45) is 5.92 Å². The van der Waals surface area contributed by atoms with Gasteiger partial charge >= 0.3 is 6.09 Å². The summed E-state index contributed by atoms with van der Waals surface area (Å²) in [5.41, 5.74) is 4.14. The Hall–Kier alpha value is -1.55. The molecule has 0 radical (unpaired) electrons. The minimum atomic E-state index is -0.851. The van der Waals surface area contributed by atoms with Crippen molar-refractivity contribution in [2.45, 2.75) is 76.3 Å². The number of benzene rings is 1. The molecule has 2 fully saturated rings. The molecule has 4 rings (SSSR count). The maximum atomic E-state index is 11.2. The summed E-state index contributed by atoms with van der Waals surface area (Å²) < 4.78 is 0. The van der Waals surface area contributed by atoms with E-state index in [1.807, 2.05) is 0 Å². The molecule has 1 amide bonds. The average molecular weight is 371 g/mol. The summed E-state index contributed by atoms with van der Waals surface area (Å²) in [4.78, 5) is 15.4. The number of amides is 1. The van der Waals surface area contributed by atoms with Crippen molar-refractivity contribution in [1.29, 1.82) is 0 Å². The number of nitrogens with zero attached hydrogens (tertiary/aromatic N) is 2. The Morgan fingerprint density at radius 3 is 2.78 bits per heavy atom. The molecule has 148 valence electrons. The van der Waals surface area contributed by atoms with Crippen molar-refractivity contribution in [2.75, 3.05) is 20.1 Å². The summed E-state index contributed by atoms with van der Waals surface area (Å²) in [6.45, 7) is 3.02. The van der Waals surface area contributed by atoms with Crippen LogP contribution in [0.25, 0.3) is 0 Å². The molecule has 4 heteroatoms. The van der Waals surface area contributed by atoms with Gasteiger partial charge in [-0.2, -0.15) is 0 Å². The number of hydrogen-bond acceptors (Lipinski definition) is 2. The van der Waals surface area contributed by atoms with Crippen LogP contribution < -0.4 is 0 Å². The summed E-state index contributed by atoms with van der Waals surface area (Å²) in [5, 5.41) is 9.22. The Labute approximate surface area is 163 Å². The first-order valence-corrected chi connectivity index (χ1v) is 10.9. The van der Waals surface area contributed by atoms with Gasteiger partial charge in [0.1, 0.15) is 0 Å². The molecule has 1 aromatic rings. The Morgan fingerprint density at radius 1 is 1.19 bits per heavy atom. The molecule has 3 aliphatic rings. The fourth-order valence-electron chi connectivity index (χ4n) is 5.84. The van der Waals surface area contributed by atoms with Crippen molar-refractivity contribution in [1.82, 2.24) is 9.80 Å². The normalized spacial score (nSPS) is 25.8. The minimum absolute atomic E-state index is 0.501. The monoisotopic (exact) mass is 370 g/mol. The second-order valence-electron chi connectivity index (χ2n) is 8.95. The van der Waals surface area contributed by atoms with E-state index in [0.717, 1.165) is 12.3 Å². The second-order valence-corrected chi connectivity index (χ2v) is 8.95. The molecule has 27 heavy (non-hydrogen) atoms. The van der Waals surface area contributed by atoms with Gasteiger partial charge in [-0.1, -0.05) is 50.3 Å². The van der Waals surface area contributed by atoms with Crippen LogP contribution in [0.3, 0.4) is 0 Å². The Morgan fingerprint density at radius 2 is 2.00 bits per heavy atom. The van der Waals surface area contributed by atoms with Crippen molar-refractivity contribution >= 4 is 6.09 Å². The van der Waals surface area contributed by atoms with E-state index >= 15 is 0 Å². The van der Waals surface area contributed by atoms with Gasteiger partial charge in [0.15, 0.2) is 0 Å². The number of carbonyl (C=O) groups is 1. The van der Waals surface area contributed by atoms with Crippen LogP contribution in [0.1, 0.15) is 74.0 Å². The van der Waals surface area contributed by atoms with E-state index in [0.29, 0.717) is 18.5 Å². The zero-order valence-electron chi connectivity index (χ0n) is 16.7. The summed E-state index contributed by atoms with van der Waals surface area (Å²) in [6, 6.07) is 7.26. The highest BCUT2D eigenvalue weighted by molar-refractivity contribution is 5.64. The van der Waals surface area contributed by atoms with Crippen LogP contribution in [0.5, 0.6) is 0 Å². The lowest BCUT2D eigenvalue weighted by atomic mass is 9.77. The SMILES string of the molecule is CN(Cc1cccc2c1CC[C@@H]1[C@@H]2CCN1CCC1CCCCC1)C(=O)O. The van der Waals surface area contributed by atoms with Gasteiger partial charge in [-0.3, -0.25) is 4.90 Å². The average Bonchev–Trinajstić information content (AvgIpc) is 3.11. The first-order valence-electron chi connectivity index (χ1n) is 10.9. The predicted octanol–water partition coefficient (Wildman–Crippen LogP) is 4.87. The quantitative estimate of drug-likeness (QED) is 0.804. The fourth-order valence-corrected chi connectivity index (χ4v) is 5.84. The third-order valence-electron chi connectivity index (χ3n) is 7.34. The molecule has 2 atom stereocenters. The smallest absolute Gasteiger partial charge is 0.407 e. The molecule has 1 heterocycles.